The van der Waals surface area contributed by atoms with E-state index < -0.39 is 6.04 Å². The number of carbonyl (C=O) groups is 2. The van der Waals surface area contributed by atoms with E-state index in [9.17, 15) is 9.59 Å². The molecular formula is C30H34Cl2N2O2S. The predicted molar refractivity (Wildman–Crippen MR) is 156 cm³/mol. The normalized spacial score (nSPS) is 11.7. The zero-order valence-corrected chi connectivity index (χ0v) is 23.7. The summed E-state index contributed by atoms with van der Waals surface area (Å²) in [4.78, 5) is 28.9. The first-order chi connectivity index (χ1) is 17.9. The number of nitrogens with one attached hydrogen (secondary N) is 1. The summed E-state index contributed by atoms with van der Waals surface area (Å²) in [5.74, 6) is 0.725. The number of rotatable bonds is 13. The van der Waals surface area contributed by atoms with Crippen LogP contribution >= 0.6 is 35.0 Å². The van der Waals surface area contributed by atoms with E-state index in [1.165, 1.54) is 11.1 Å². The maximum atomic E-state index is 13.7. The maximum absolute atomic E-state index is 13.7. The number of unbranched alkanes of at least 4 members (excludes halogenated alkanes) is 1. The molecule has 3 aromatic carbocycles. The Bertz CT molecular complexity index is 1170. The van der Waals surface area contributed by atoms with Crippen molar-refractivity contribution in [1.29, 1.82) is 0 Å². The lowest BCUT2D eigenvalue weighted by atomic mass is 10.0. The van der Waals surface area contributed by atoms with Gasteiger partial charge in [0.1, 0.15) is 6.04 Å². The van der Waals surface area contributed by atoms with Gasteiger partial charge in [-0.05, 0) is 47.7 Å². The molecule has 0 saturated carbocycles. The van der Waals surface area contributed by atoms with Crippen LogP contribution in [0, 0.1) is 6.92 Å². The van der Waals surface area contributed by atoms with E-state index in [0.29, 0.717) is 23.0 Å². The van der Waals surface area contributed by atoms with Crippen LogP contribution in [0.4, 0.5) is 0 Å². The van der Waals surface area contributed by atoms with Gasteiger partial charge in [0.15, 0.2) is 0 Å². The van der Waals surface area contributed by atoms with Crippen LogP contribution in [-0.2, 0) is 28.3 Å². The number of hydrogen-bond donors (Lipinski definition) is 1. The van der Waals surface area contributed by atoms with E-state index in [1.807, 2.05) is 48.5 Å². The van der Waals surface area contributed by atoms with Crippen molar-refractivity contribution in [2.75, 3.05) is 12.3 Å². The molecule has 2 amide bonds. The third kappa shape index (κ3) is 9.10. The van der Waals surface area contributed by atoms with Crippen LogP contribution in [0.5, 0.6) is 0 Å². The van der Waals surface area contributed by atoms with Crippen LogP contribution in [0.3, 0.4) is 0 Å². The number of hydrogen-bond acceptors (Lipinski definition) is 3. The molecule has 4 nitrogen and oxygen atoms in total. The molecule has 3 rings (SSSR count). The Kier molecular flexibility index (Phi) is 11.8. The van der Waals surface area contributed by atoms with Gasteiger partial charge in [0.05, 0.1) is 5.75 Å². The zero-order valence-electron chi connectivity index (χ0n) is 21.4. The second kappa shape index (κ2) is 15.1. The van der Waals surface area contributed by atoms with Crippen molar-refractivity contribution >= 4 is 46.8 Å². The van der Waals surface area contributed by atoms with Crippen LogP contribution in [0.1, 0.15) is 42.0 Å². The van der Waals surface area contributed by atoms with Gasteiger partial charge in [-0.3, -0.25) is 9.59 Å². The van der Waals surface area contributed by atoms with E-state index in [0.717, 1.165) is 29.7 Å². The molecule has 0 spiro atoms. The van der Waals surface area contributed by atoms with E-state index in [1.54, 1.807) is 28.8 Å². The summed E-state index contributed by atoms with van der Waals surface area (Å²) in [6.07, 6.45) is 2.27. The molecule has 0 aromatic heterocycles. The average molecular weight is 558 g/mol. The quantitative estimate of drug-likeness (QED) is 0.228. The zero-order chi connectivity index (χ0) is 26.6. The Morgan fingerprint density at radius 2 is 1.70 bits per heavy atom. The van der Waals surface area contributed by atoms with E-state index in [4.69, 9.17) is 23.2 Å². The van der Waals surface area contributed by atoms with Crippen molar-refractivity contribution in [1.82, 2.24) is 10.2 Å². The average Bonchev–Trinajstić information content (AvgIpc) is 2.89. The lowest BCUT2D eigenvalue weighted by Crippen LogP contribution is -2.51. The summed E-state index contributed by atoms with van der Waals surface area (Å²) in [6, 6.07) is 22.6. The molecule has 0 aliphatic rings. The highest BCUT2D eigenvalue weighted by atomic mass is 35.5. The van der Waals surface area contributed by atoms with Gasteiger partial charge in [0.2, 0.25) is 11.8 Å². The van der Waals surface area contributed by atoms with Gasteiger partial charge in [0.25, 0.3) is 0 Å². The summed E-state index contributed by atoms with van der Waals surface area (Å²) in [7, 11) is 0. The minimum absolute atomic E-state index is 0.101. The van der Waals surface area contributed by atoms with Crippen molar-refractivity contribution in [2.24, 2.45) is 0 Å². The minimum Gasteiger partial charge on any atom is -0.354 e. The molecule has 0 aliphatic carbocycles. The molecule has 0 bridgehead atoms. The number of carbonyl (C=O) groups excluding carboxylic acids is 2. The molecule has 0 heterocycles. The molecular weight excluding hydrogens is 523 g/mol. The molecule has 7 heteroatoms. The molecule has 37 heavy (non-hydrogen) atoms. The van der Waals surface area contributed by atoms with Crippen molar-refractivity contribution in [3.05, 3.63) is 105 Å². The van der Waals surface area contributed by atoms with Gasteiger partial charge < -0.3 is 10.2 Å². The summed E-state index contributed by atoms with van der Waals surface area (Å²) in [5.41, 5.74) is 4.14. The molecule has 0 aliphatic heterocycles. The highest BCUT2D eigenvalue weighted by Crippen LogP contribution is 2.25. The van der Waals surface area contributed by atoms with Gasteiger partial charge in [-0.15, -0.1) is 11.8 Å². The number of thioether (sulfide) groups is 1. The Morgan fingerprint density at radius 3 is 2.41 bits per heavy atom. The van der Waals surface area contributed by atoms with Crippen LogP contribution in [-0.4, -0.2) is 35.1 Å². The van der Waals surface area contributed by atoms with Gasteiger partial charge in [-0.25, -0.2) is 0 Å². The number of aryl methyl sites for hydroxylation is 1. The van der Waals surface area contributed by atoms with E-state index in [2.05, 4.69) is 31.3 Å². The monoisotopic (exact) mass is 556 g/mol. The highest BCUT2D eigenvalue weighted by molar-refractivity contribution is 7.99. The first kappa shape index (κ1) is 29.1. The summed E-state index contributed by atoms with van der Waals surface area (Å²) >= 11 is 14.2. The Hall–Kier alpha value is -2.47. The van der Waals surface area contributed by atoms with Crippen LogP contribution in [0.15, 0.2) is 72.8 Å². The van der Waals surface area contributed by atoms with E-state index >= 15 is 0 Å². The highest BCUT2D eigenvalue weighted by Gasteiger charge is 2.30. The third-order valence-electron chi connectivity index (χ3n) is 6.20. The smallest absolute Gasteiger partial charge is 0.243 e. The van der Waals surface area contributed by atoms with Gasteiger partial charge in [0, 0.05) is 35.3 Å². The number of benzene rings is 3. The standard InChI is InChI=1S/C30H34Cl2N2O2S/c1-3-4-16-33-30(36)28(17-23-11-6-5-7-12-23)34(19-24-14-15-26(31)18-27(24)32)29(35)21-37-20-25-13-9-8-10-22(25)2/h5-15,18,28H,3-4,16-17,19-21H2,1-2H3,(H,33,36)/t28-/m0/s1. The van der Waals surface area contributed by atoms with Crippen molar-refractivity contribution in [3.8, 4) is 0 Å². The predicted octanol–water partition coefficient (Wildman–Crippen LogP) is 7.09. The molecule has 0 unspecified atom stereocenters. The van der Waals surface area contributed by atoms with Crippen LogP contribution < -0.4 is 5.32 Å². The maximum Gasteiger partial charge on any atom is 0.243 e. The molecule has 0 saturated heterocycles. The SMILES string of the molecule is CCCCNC(=O)[C@H](Cc1ccccc1)N(Cc1ccc(Cl)cc1Cl)C(=O)CSCc1ccccc1C. The molecule has 0 radical (unpaired) electrons. The molecule has 3 aromatic rings. The molecule has 1 atom stereocenters. The van der Waals surface area contributed by atoms with Crippen molar-refractivity contribution in [2.45, 2.75) is 51.4 Å². The number of nitrogens with zero attached hydrogens (tertiary/aromatic N) is 1. The Labute approximate surface area is 234 Å². The number of amides is 2. The van der Waals surface area contributed by atoms with Gasteiger partial charge in [-0.2, -0.15) is 0 Å². The second-order valence-corrected chi connectivity index (χ2v) is 10.9. The fourth-order valence-corrected chi connectivity index (χ4v) is 5.45. The van der Waals surface area contributed by atoms with Gasteiger partial charge >= 0.3 is 0 Å². The fraction of sp³-hybridized carbons (Fsp3) is 0.333. The molecule has 196 valence electrons. The molecule has 1 N–H and O–H groups in total. The summed E-state index contributed by atoms with van der Waals surface area (Å²) in [6.45, 7) is 4.95. The van der Waals surface area contributed by atoms with Gasteiger partial charge in [-0.1, -0.05) is 97.2 Å². The summed E-state index contributed by atoms with van der Waals surface area (Å²) < 4.78 is 0. The first-order valence-electron chi connectivity index (χ1n) is 12.6. The first-order valence-corrected chi connectivity index (χ1v) is 14.5. The minimum atomic E-state index is -0.669. The second-order valence-electron chi connectivity index (χ2n) is 9.03. The topological polar surface area (TPSA) is 49.4 Å². The van der Waals surface area contributed by atoms with Crippen LogP contribution in [0.2, 0.25) is 10.0 Å². The Morgan fingerprint density at radius 1 is 0.973 bits per heavy atom. The summed E-state index contributed by atoms with van der Waals surface area (Å²) in [5, 5.41) is 4.05. The van der Waals surface area contributed by atoms with Crippen LogP contribution in [0.25, 0.3) is 0 Å². The lowest BCUT2D eigenvalue weighted by molar-refractivity contribution is -0.139. The Balaban J connectivity index is 1.87. The fourth-order valence-electron chi connectivity index (χ4n) is 4.00. The number of halogens is 2. The largest absolute Gasteiger partial charge is 0.354 e. The van der Waals surface area contributed by atoms with Crippen molar-refractivity contribution in [3.63, 3.8) is 0 Å². The van der Waals surface area contributed by atoms with E-state index in [-0.39, 0.29) is 24.1 Å². The lowest BCUT2D eigenvalue weighted by Gasteiger charge is -2.32. The third-order valence-corrected chi connectivity index (χ3v) is 7.75. The van der Waals surface area contributed by atoms with Crippen molar-refractivity contribution < 1.29 is 9.59 Å². The molecule has 0 fully saturated rings.